The maximum absolute atomic E-state index is 12.5. The summed E-state index contributed by atoms with van der Waals surface area (Å²) in [5.41, 5.74) is 11.7. The summed E-state index contributed by atoms with van der Waals surface area (Å²) >= 11 is 0. The Bertz CT molecular complexity index is 1440. The molecule has 11 N–H and O–H groups in total. The average Bonchev–Trinajstić information content (AvgIpc) is 3.20. The summed E-state index contributed by atoms with van der Waals surface area (Å²) in [4.78, 5) is 94.2. The topological polar surface area (TPSA) is 307 Å². The van der Waals surface area contributed by atoms with Gasteiger partial charge in [-0.05, 0) is 88.5 Å². The highest BCUT2D eigenvalue weighted by atomic mass is 16.5. The van der Waals surface area contributed by atoms with Gasteiger partial charge in [0.25, 0.3) is 0 Å². The molecule has 332 valence electrons. The predicted molar refractivity (Wildman–Crippen MR) is 218 cm³/mol. The molecule has 1 aromatic carbocycles. The van der Waals surface area contributed by atoms with Crippen molar-refractivity contribution in [3.63, 3.8) is 0 Å². The van der Waals surface area contributed by atoms with E-state index in [-0.39, 0.29) is 50.1 Å². The van der Waals surface area contributed by atoms with E-state index in [4.69, 9.17) is 21.3 Å². The minimum Gasteiger partial charge on any atom is -0.494 e. The van der Waals surface area contributed by atoms with Gasteiger partial charge < -0.3 is 57.6 Å². The van der Waals surface area contributed by atoms with Gasteiger partial charge in [0.05, 0.1) is 24.3 Å². The van der Waals surface area contributed by atoms with Gasteiger partial charge in [-0.2, -0.15) is 0 Å². The average molecular weight is 835 g/mol. The number of aliphatic carboxylic acids is 2. The van der Waals surface area contributed by atoms with E-state index >= 15 is 0 Å². The summed E-state index contributed by atoms with van der Waals surface area (Å²) in [7, 11) is 0. The second kappa shape index (κ2) is 31.8. The highest BCUT2D eigenvalue weighted by Crippen LogP contribution is 2.15. The fourth-order valence-electron chi connectivity index (χ4n) is 5.96. The van der Waals surface area contributed by atoms with Gasteiger partial charge in [-0.1, -0.05) is 44.9 Å². The van der Waals surface area contributed by atoms with Gasteiger partial charge in [0.2, 0.25) is 23.6 Å². The van der Waals surface area contributed by atoms with E-state index in [2.05, 4.69) is 21.3 Å². The fraction of sp³-hybridized carbons (Fsp3) is 0.659. The van der Waals surface area contributed by atoms with Crippen LogP contribution in [-0.2, 0) is 33.6 Å². The molecule has 0 aliphatic carbocycles. The zero-order valence-electron chi connectivity index (χ0n) is 34.1. The van der Waals surface area contributed by atoms with Crippen molar-refractivity contribution in [1.29, 1.82) is 0 Å². The lowest BCUT2D eigenvalue weighted by molar-refractivity contribution is -0.143. The molecule has 0 fully saturated rings. The van der Waals surface area contributed by atoms with Crippen molar-refractivity contribution in [2.75, 3.05) is 19.7 Å². The first kappa shape index (κ1) is 51.9. The van der Waals surface area contributed by atoms with E-state index in [1.54, 1.807) is 12.1 Å². The van der Waals surface area contributed by atoms with Crippen LogP contribution in [0.1, 0.15) is 139 Å². The van der Waals surface area contributed by atoms with Crippen LogP contribution in [0, 0.1) is 0 Å². The minimum absolute atomic E-state index is 0.144. The molecule has 0 radical (unpaired) electrons. The van der Waals surface area contributed by atoms with E-state index in [0.29, 0.717) is 70.1 Å². The molecule has 0 aromatic heterocycles. The Labute approximate surface area is 346 Å². The molecule has 0 saturated heterocycles. The molecule has 0 heterocycles. The molecule has 0 saturated carbocycles. The van der Waals surface area contributed by atoms with Crippen LogP contribution in [0.5, 0.6) is 5.75 Å². The van der Waals surface area contributed by atoms with Crippen LogP contribution in [-0.4, -0.2) is 107 Å². The highest BCUT2D eigenvalue weighted by Gasteiger charge is 2.24. The Morgan fingerprint density at radius 3 is 1.61 bits per heavy atom. The van der Waals surface area contributed by atoms with Gasteiger partial charge in [-0.15, -0.1) is 0 Å². The first-order chi connectivity index (χ1) is 28.2. The number of carboxylic acids is 3. The number of ether oxygens (including phenoxy) is 1. The molecule has 0 bridgehead atoms. The number of carboxylic acid groups (broad SMARTS) is 3. The number of hydrogen-bond donors (Lipinski definition) is 9. The number of carbonyl (C=O) groups is 8. The van der Waals surface area contributed by atoms with E-state index in [1.807, 2.05) is 0 Å². The van der Waals surface area contributed by atoms with Crippen LogP contribution in [0.2, 0.25) is 0 Å². The number of aromatic carboxylic acids is 1. The van der Waals surface area contributed by atoms with Crippen molar-refractivity contribution in [2.45, 2.75) is 153 Å². The van der Waals surface area contributed by atoms with Gasteiger partial charge in [0, 0.05) is 32.4 Å². The van der Waals surface area contributed by atoms with Crippen molar-refractivity contribution in [2.24, 2.45) is 11.5 Å². The van der Waals surface area contributed by atoms with E-state index in [0.717, 1.165) is 51.4 Å². The Morgan fingerprint density at radius 1 is 0.576 bits per heavy atom. The van der Waals surface area contributed by atoms with Gasteiger partial charge in [-0.25, -0.2) is 14.4 Å². The Morgan fingerprint density at radius 2 is 1.07 bits per heavy atom. The van der Waals surface area contributed by atoms with Gasteiger partial charge in [-0.3, -0.25) is 19.2 Å². The van der Waals surface area contributed by atoms with E-state index < -0.39 is 59.8 Å². The third-order valence-corrected chi connectivity index (χ3v) is 9.54. The number of amides is 4. The molecule has 0 unspecified atom stereocenters. The summed E-state index contributed by atoms with van der Waals surface area (Å²) < 4.78 is 5.64. The molecule has 0 aliphatic heterocycles. The largest absolute Gasteiger partial charge is 0.494 e. The number of hydrogen-bond acceptors (Lipinski definition) is 11. The molecule has 59 heavy (non-hydrogen) atoms. The van der Waals surface area contributed by atoms with Crippen molar-refractivity contribution in [3.05, 3.63) is 29.8 Å². The van der Waals surface area contributed by atoms with Gasteiger partial charge in [0.15, 0.2) is 0 Å². The SMILES string of the molecule is N[C@H](C=O)CCCCNC(=O)[C@@H](N)CCCCNC(=O)CC[C@H](NC(=O)CC[C@H](NC(=O)CCCCCCCCCCCOc1ccc(C(=O)O)cc1)C(=O)O)C(=O)O. The van der Waals surface area contributed by atoms with E-state index in [9.17, 15) is 48.6 Å². The molecule has 1 rings (SSSR count). The van der Waals surface area contributed by atoms with Crippen LogP contribution in [0.3, 0.4) is 0 Å². The Kier molecular flexibility index (Phi) is 28.0. The van der Waals surface area contributed by atoms with E-state index in [1.165, 1.54) is 12.1 Å². The van der Waals surface area contributed by atoms with Gasteiger partial charge in [0.1, 0.15) is 24.1 Å². The number of nitrogens with one attached hydrogen (secondary N) is 4. The van der Waals surface area contributed by atoms with Crippen molar-refractivity contribution in [3.8, 4) is 5.75 Å². The van der Waals surface area contributed by atoms with Crippen LogP contribution < -0.4 is 37.5 Å². The highest BCUT2D eigenvalue weighted by molar-refractivity contribution is 5.88. The smallest absolute Gasteiger partial charge is 0.335 e. The predicted octanol–water partition coefficient (Wildman–Crippen LogP) is 2.79. The maximum atomic E-state index is 12.5. The summed E-state index contributed by atoms with van der Waals surface area (Å²) in [6.45, 7) is 1.28. The van der Waals surface area contributed by atoms with Crippen molar-refractivity contribution >= 4 is 47.8 Å². The van der Waals surface area contributed by atoms with Crippen LogP contribution >= 0.6 is 0 Å². The molecule has 0 spiro atoms. The lowest BCUT2D eigenvalue weighted by atomic mass is 10.1. The minimum atomic E-state index is -1.37. The van der Waals surface area contributed by atoms with Crippen LogP contribution in [0.25, 0.3) is 0 Å². The number of unbranched alkanes of at least 4 members (excludes halogenated alkanes) is 10. The lowest BCUT2D eigenvalue weighted by Crippen LogP contribution is -2.44. The molecule has 4 atom stereocenters. The summed E-state index contributed by atoms with van der Waals surface area (Å²) in [6, 6.07) is 2.41. The molecule has 0 aliphatic rings. The lowest BCUT2D eigenvalue weighted by Gasteiger charge is -2.17. The fourth-order valence-corrected chi connectivity index (χ4v) is 5.96. The second-order valence-electron chi connectivity index (χ2n) is 14.6. The zero-order valence-corrected chi connectivity index (χ0v) is 34.1. The summed E-state index contributed by atoms with van der Waals surface area (Å²) in [6.07, 6.45) is 11.8. The Balaban J connectivity index is 2.16. The second-order valence-corrected chi connectivity index (χ2v) is 14.6. The molecule has 1 aromatic rings. The van der Waals surface area contributed by atoms with Crippen LogP contribution in [0.15, 0.2) is 24.3 Å². The van der Waals surface area contributed by atoms with Gasteiger partial charge >= 0.3 is 17.9 Å². The third-order valence-electron chi connectivity index (χ3n) is 9.54. The number of aldehydes is 1. The molecule has 18 heteroatoms. The first-order valence-electron chi connectivity index (χ1n) is 20.7. The first-order valence-corrected chi connectivity index (χ1v) is 20.7. The molecule has 18 nitrogen and oxygen atoms in total. The van der Waals surface area contributed by atoms with Crippen LogP contribution in [0.4, 0.5) is 0 Å². The number of nitrogens with two attached hydrogens (primary N) is 2. The number of benzene rings is 1. The molecular weight excluding hydrogens is 768 g/mol. The summed E-state index contributed by atoms with van der Waals surface area (Å²) in [5, 5.41) is 38.2. The molecule has 4 amide bonds. The third kappa shape index (κ3) is 26.5. The summed E-state index contributed by atoms with van der Waals surface area (Å²) in [5.74, 6) is -4.87. The standard InChI is InChI=1S/C41H66N6O12/c42-30(28-48)14-9-11-26-45-38(52)32(43)15-10-12-25-44-35(49)23-21-33(40(55)56)47-37(51)24-22-34(41(57)58)46-36(50)16-8-6-4-2-1-3-5-7-13-27-59-31-19-17-29(18-20-31)39(53)54/h17-20,28,30,32-34H,1-16,21-27,42-43H2,(H,44,49)(H,45,52)(H,46,50)(H,47,51)(H,53,54)(H,55,56)(H,57,58)/t30-,32-,33-,34-/m0/s1. The molecular formula is C41H66N6O12. The maximum Gasteiger partial charge on any atom is 0.335 e. The van der Waals surface area contributed by atoms with Crippen molar-refractivity contribution in [1.82, 2.24) is 21.3 Å². The number of rotatable bonds is 36. The quantitative estimate of drug-likeness (QED) is 0.0347. The normalized spacial score (nSPS) is 12.9. The monoisotopic (exact) mass is 834 g/mol. The number of carbonyl (C=O) groups excluding carboxylic acids is 5. The zero-order chi connectivity index (χ0) is 43.8. The van der Waals surface area contributed by atoms with Crippen molar-refractivity contribution < 1.29 is 58.4 Å². The Hall–Kier alpha value is -5.10.